The van der Waals surface area contributed by atoms with Crippen LogP contribution in [0.25, 0.3) is 10.9 Å². The maximum atomic E-state index is 13.0. The van der Waals surface area contributed by atoms with Crippen molar-refractivity contribution in [2.75, 3.05) is 23.0 Å². The van der Waals surface area contributed by atoms with Gasteiger partial charge in [0, 0.05) is 28.8 Å². The summed E-state index contributed by atoms with van der Waals surface area (Å²) in [5, 5.41) is 1.63. The maximum Gasteiger partial charge on any atom is 0.262 e. The lowest BCUT2D eigenvalue weighted by Gasteiger charge is -2.28. The Kier molecular flexibility index (Phi) is 6.18. The van der Waals surface area contributed by atoms with Gasteiger partial charge in [0.25, 0.3) is 5.56 Å². The molecule has 1 aromatic heterocycles. The quantitative estimate of drug-likeness (QED) is 0.421. The van der Waals surface area contributed by atoms with Gasteiger partial charge in [-0.15, -0.1) is 11.8 Å². The summed E-state index contributed by atoms with van der Waals surface area (Å²) in [6, 6.07) is 13.1. The van der Waals surface area contributed by atoms with Crippen LogP contribution in [0.4, 0.5) is 5.69 Å². The van der Waals surface area contributed by atoms with E-state index < -0.39 is 0 Å². The lowest BCUT2D eigenvalue weighted by atomic mass is 10.2. The Bertz CT molecular complexity index is 1130. The monoisotopic (exact) mass is 445 g/mol. The largest absolute Gasteiger partial charge is 0.310 e. The number of carbonyl (C=O) groups excluding carboxylic acids is 1. The normalized spacial score (nSPS) is 13.5. The molecule has 2 aromatic carbocycles. The Morgan fingerprint density at radius 2 is 2.10 bits per heavy atom. The van der Waals surface area contributed by atoms with Crippen molar-refractivity contribution in [2.24, 2.45) is 0 Å². The van der Waals surface area contributed by atoms with Crippen molar-refractivity contribution < 1.29 is 4.79 Å². The van der Waals surface area contributed by atoms with Gasteiger partial charge >= 0.3 is 0 Å². The van der Waals surface area contributed by atoms with Crippen LogP contribution >= 0.6 is 35.1 Å². The van der Waals surface area contributed by atoms with Crippen LogP contribution in [0.15, 0.2) is 57.3 Å². The molecular formula is C21H20ClN3O2S2. The fourth-order valence-electron chi connectivity index (χ4n) is 3.34. The fraction of sp³-hybridized carbons (Fsp3) is 0.286. The molecule has 0 unspecified atom stereocenters. The molecule has 1 aliphatic heterocycles. The number of carbonyl (C=O) groups is 1. The average Bonchev–Trinajstić information content (AvgIpc) is 2.73. The predicted octanol–water partition coefficient (Wildman–Crippen LogP) is 4.69. The Labute approximate surface area is 182 Å². The molecule has 5 nitrogen and oxygen atoms in total. The minimum Gasteiger partial charge on any atom is -0.310 e. The molecule has 0 bridgehead atoms. The fourth-order valence-corrected chi connectivity index (χ4v) is 5.40. The number of amides is 1. The Morgan fingerprint density at radius 1 is 1.28 bits per heavy atom. The van der Waals surface area contributed by atoms with Crippen molar-refractivity contribution in [1.82, 2.24) is 9.55 Å². The molecule has 0 radical (unpaired) electrons. The minimum absolute atomic E-state index is 0.0197. The molecule has 0 fully saturated rings. The van der Waals surface area contributed by atoms with Crippen molar-refractivity contribution in [2.45, 2.75) is 29.9 Å². The van der Waals surface area contributed by atoms with E-state index in [1.54, 1.807) is 34.5 Å². The zero-order valence-corrected chi connectivity index (χ0v) is 18.3. The van der Waals surface area contributed by atoms with Gasteiger partial charge in [0.1, 0.15) is 0 Å². The van der Waals surface area contributed by atoms with E-state index in [9.17, 15) is 9.59 Å². The van der Waals surface area contributed by atoms with E-state index in [2.05, 4.69) is 4.98 Å². The molecular weight excluding hydrogens is 426 g/mol. The first-order valence-corrected chi connectivity index (χ1v) is 11.8. The molecule has 150 valence electrons. The molecule has 29 heavy (non-hydrogen) atoms. The van der Waals surface area contributed by atoms with Crippen molar-refractivity contribution in [3.63, 3.8) is 0 Å². The summed E-state index contributed by atoms with van der Waals surface area (Å²) < 4.78 is 1.66. The van der Waals surface area contributed by atoms with Gasteiger partial charge in [-0.05, 0) is 36.8 Å². The van der Waals surface area contributed by atoms with E-state index in [4.69, 9.17) is 11.6 Å². The zero-order valence-electron chi connectivity index (χ0n) is 15.9. The first-order chi connectivity index (χ1) is 14.1. The molecule has 0 spiro atoms. The smallest absolute Gasteiger partial charge is 0.262 e. The molecule has 0 saturated carbocycles. The molecule has 1 aliphatic rings. The number of hydrogen-bond acceptors (Lipinski definition) is 5. The topological polar surface area (TPSA) is 55.2 Å². The SMILES string of the molecule is CCCn1c(SCC(=O)N2CCSc3ccccc32)nc2cc(Cl)ccc2c1=O. The summed E-state index contributed by atoms with van der Waals surface area (Å²) in [6.07, 6.45) is 0.804. The standard InChI is InChI=1S/C21H20ClN3O2S2/c1-2-9-25-20(27)15-8-7-14(22)12-16(15)23-21(25)29-13-19(26)24-10-11-28-18-6-4-3-5-17(18)24/h3-8,12H,2,9-11,13H2,1H3. The van der Waals surface area contributed by atoms with E-state index in [1.165, 1.54) is 11.8 Å². The summed E-state index contributed by atoms with van der Waals surface area (Å²) in [6.45, 7) is 3.26. The van der Waals surface area contributed by atoms with Crippen LogP contribution in [0.3, 0.4) is 0 Å². The Hall–Kier alpha value is -1.96. The summed E-state index contributed by atoms with van der Waals surface area (Å²) in [5.74, 6) is 1.12. The Morgan fingerprint density at radius 3 is 2.93 bits per heavy atom. The van der Waals surface area contributed by atoms with Gasteiger partial charge in [0.15, 0.2) is 5.16 Å². The molecule has 0 aliphatic carbocycles. The molecule has 4 rings (SSSR count). The molecule has 1 amide bonds. The summed E-state index contributed by atoms with van der Waals surface area (Å²) in [4.78, 5) is 33.5. The number of halogens is 1. The number of hydrogen-bond donors (Lipinski definition) is 0. The lowest BCUT2D eigenvalue weighted by Crippen LogP contribution is -2.36. The molecule has 0 N–H and O–H groups in total. The number of fused-ring (bicyclic) bond motifs is 2. The second kappa shape index (κ2) is 8.81. The first-order valence-electron chi connectivity index (χ1n) is 9.43. The van der Waals surface area contributed by atoms with Crippen LogP contribution < -0.4 is 10.5 Å². The van der Waals surface area contributed by atoms with Gasteiger partial charge in [-0.25, -0.2) is 4.98 Å². The number of benzene rings is 2. The highest BCUT2D eigenvalue weighted by Gasteiger charge is 2.23. The minimum atomic E-state index is -0.0943. The highest BCUT2D eigenvalue weighted by Crippen LogP contribution is 2.34. The second-order valence-corrected chi connectivity index (χ2v) is 9.18. The number of rotatable bonds is 5. The molecule has 2 heterocycles. The number of thioether (sulfide) groups is 2. The highest BCUT2D eigenvalue weighted by atomic mass is 35.5. The average molecular weight is 446 g/mol. The number of anilines is 1. The van der Waals surface area contributed by atoms with Crippen LogP contribution in [-0.2, 0) is 11.3 Å². The van der Waals surface area contributed by atoms with Gasteiger partial charge in [-0.1, -0.05) is 42.4 Å². The molecule has 0 atom stereocenters. The second-order valence-electron chi connectivity index (χ2n) is 6.66. The predicted molar refractivity (Wildman–Crippen MR) is 122 cm³/mol. The van der Waals surface area contributed by atoms with Gasteiger partial charge in [0.05, 0.1) is 22.3 Å². The summed E-state index contributed by atoms with van der Waals surface area (Å²) in [7, 11) is 0. The summed E-state index contributed by atoms with van der Waals surface area (Å²) in [5.41, 5.74) is 1.42. The van der Waals surface area contributed by atoms with Crippen LogP contribution in [0.5, 0.6) is 0 Å². The number of nitrogens with zero attached hydrogens (tertiary/aromatic N) is 3. The van der Waals surface area contributed by atoms with Gasteiger partial charge in [-0.3, -0.25) is 14.2 Å². The van der Waals surface area contributed by atoms with Crippen molar-refractivity contribution in [3.8, 4) is 0 Å². The van der Waals surface area contributed by atoms with Crippen LogP contribution in [0.2, 0.25) is 5.02 Å². The third kappa shape index (κ3) is 4.17. The maximum absolute atomic E-state index is 13.0. The van der Waals surface area contributed by atoms with Crippen molar-refractivity contribution >= 4 is 57.6 Å². The van der Waals surface area contributed by atoms with Crippen LogP contribution in [0.1, 0.15) is 13.3 Å². The lowest BCUT2D eigenvalue weighted by molar-refractivity contribution is -0.116. The third-order valence-electron chi connectivity index (χ3n) is 4.68. The first kappa shape index (κ1) is 20.3. The van der Waals surface area contributed by atoms with E-state index in [0.29, 0.717) is 34.2 Å². The molecule has 0 saturated heterocycles. The van der Waals surface area contributed by atoms with Gasteiger partial charge < -0.3 is 4.90 Å². The number of aromatic nitrogens is 2. The van der Waals surface area contributed by atoms with Crippen molar-refractivity contribution in [3.05, 3.63) is 57.8 Å². The van der Waals surface area contributed by atoms with Gasteiger partial charge in [-0.2, -0.15) is 0 Å². The highest BCUT2D eigenvalue weighted by molar-refractivity contribution is 8.00. The Balaban J connectivity index is 1.62. The zero-order chi connectivity index (χ0) is 20.4. The van der Waals surface area contributed by atoms with E-state index in [0.717, 1.165) is 22.8 Å². The summed E-state index contributed by atoms with van der Waals surface area (Å²) >= 11 is 9.16. The number of para-hydroxylation sites is 1. The third-order valence-corrected chi connectivity index (χ3v) is 6.92. The van der Waals surface area contributed by atoms with E-state index >= 15 is 0 Å². The van der Waals surface area contributed by atoms with E-state index in [1.807, 2.05) is 36.1 Å². The van der Waals surface area contributed by atoms with Crippen LogP contribution in [0, 0.1) is 0 Å². The molecule has 3 aromatic rings. The van der Waals surface area contributed by atoms with Gasteiger partial charge in [0.2, 0.25) is 5.91 Å². The van der Waals surface area contributed by atoms with Crippen molar-refractivity contribution in [1.29, 1.82) is 0 Å². The van der Waals surface area contributed by atoms with Crippen LogP contribution in [-0.4, -0.2) is 33.5 Å². The molecule has 8 heteroatoms. The van der Waals surface area contributed by atoms with E-state index in [-0.39, 0.29) is 17.2 Å².